The van der Waals surface area contributed by atoms with Gasteiger partial charge in [-0.15, -0.1) is 0 Å². The molecule has 106 valence electrons. The molecule has 1 aromatic heterocycles. The number of nitrogen functional groups attached to an aromatic ring is 1. The maximum absolute atomic E-state index is 12.2. The summed E-state index contributed by atoms with van der Waals surface area (Å²) in [7, 11) is 1.56. The second kappa shape index (κ2) is 5.64. The first kappa shape index (κ1) is 13.9. The fourth-order valence-electron chi connectivity index (χ4n) is 1.88. The van der Waals surface area contributed by atoms with E-state index >= 15 is 0 Å². The predicted octanol–water partition coefficient (Wildman–Crippen LogP) is 2.05. The highest BCUT2D eigenvalue weighted by atomic mass is 16.5. The molecule has 0 saturated heterocycles. The standard InChI is InChI=1S/C14H18N4O2/c1-4-18-8-10(15)13(17-18)14(19)16-11-7-9(2)5-6-12(11)20-3/h5-8H,4,15H2,1-3H3,(H,16,19). The molecule has 0 atom stereocenters. The van der Waals surface area contributed by atoms with Crippen molar-refractivity contribution in [3.8, 4) is 5.75 Å². The molecule has 0 aliphatic heterocycles. The summed E-state index contributed by atoms with van der Waals surface area (Å²) in [4.78, 5) is 12.2. The number of anilines is 2. The van der Waals surface area contributed by atoms with E-state index < -0.39 is 0 Å². The summed E-state index contributed by atoms with van der Waals surface area (Å²) in [6.45, 7) is 4.53. The number of hydrogen-bond donors (Lipinski definition) is 2. The van der Waals surface area contributed by atoms with Crippen molar-refractivity contribution < 1.29 is 9.53 Å². The summed E-state index contributed by atoms with van der Waals surface area (Å²) in [5, 5.41) is 6.92. The molecule has 0 bridgehead atoms. The Labute approximate surface area is 117 Å². The van der Waals surface area contributed by atoms with E-state index in [0.717, 1.165) is 5.56 Å². The van der Waals surface area contributed by atoms with Crippen LogP contribution in [0.25, 0.3) is 0 Å². The van der Waals surface area contributed by atoms with Crippen LogP contribution in [0, 0.1) is 6.92 Å². The van der Waals surface area contributed by atoms with Crippen LogP contribution >= 0.6 is 0 Å². The zero-order chi connectivity index (χ0) is 14.7. The van der Waals surface area contributed by atoms with E-state index in [1.165, 1.54) is 0 Å². The highest BCUT2D eigenvalue weighted by Crippen LogP contribution is 2.26. The van der Waals surface area contributed by atoms with E-state index in [0.29, 0.717) is 23.7 Å². The molecule has 1 aromatic carbocycles. The van der Waals surface area contributed by atoms with E-state index in [4.69, 9.17) is 10.5 Å². The Hall–Kier alpha value is -2.50. The lowest BCUT2D eigenvalue weighted by molar-refractivity contribution is 0.102. The topological polar surface area (TPSA) is 82.2 Å². The van der Waals surface area contributed by atoms with Crippen LogP contribution in [0.4, 0.5) is 11.4 Å². The lowest BCUT2D eigenvalue weighted by Gasteiger charge is -2.10. The number of aromatic nitrogens is 2. The van der Waals surface area contributed by atoms with Crippen molar-refractivity contribution in [2.24, 2.45) is 0 Å². The molecule has 1 amide bonds. The van der Waals surface area contributed by atoms with Gasteiger partial charge in [0, 0.05) is 12.7 Å². The molecular formula is C14H18N4O2. The van der Waals surface area contributed by atoms with Gasteiger partial charge in [-0.1, -0.05) is 6.07 Å². The highest BCUT2D eigenvalue weighted by molar-refractivity contribution is 6.06. The second-order valence-corrected chi connectivity index (χ2v) is 4.45. The molecule has 6 heteroatoms. The molecule has 0 spiro atoms. The number of nitrogens with two attached hydrogens (primary N) is 1. The molecule has 2 aromatic rings. The Morgan fingerprint density at radius 3 is 2.85 bits per heavy atom. The van der Waals surface area contributed by atoms with Crippen molar-refractivity contribution in [1.82, 2.24) is 9.78 Å². The zero-order valence-corrected chi connectivity index (χ0v) is 11.8. The molecule has 0 unspecified atom stereocenters. The van der Waals surface area contributed by atoms with Gasteiger partial charge in [0.1, 0.15) is 5.75 Å². The summed E-state index contributed by atoms with van der Waals surface area (Å²) in [5.41, 5.74) is 7.99. The number of ether oxygens (including phenoxy) is 1. The van der Waals surface area contributed by atoms with Gasteiger partial charge in [-0.25, -0.2) is 0 Å². The second-order valence-electron chi connectivity index (χ2n) is 4.45. The third-order valence-corrected chi connectivity index (χ3v) is 2.93. The van der Waals surface area contributed by atoms with Crippen molar-refractivity contribution in [3.63, 3.8) is 0 Å². The van der Waals surface area contributed by atoms with E-state index in [2.05, 4.69) is 10.4 Å². The maximum atomic E-state index is 12.2. The van der Waals surface area contributed by atoms with Gasteiger partial charge >= 0.3 is 0 Å². The van der Waals surface area contributed by atoms with Gasteiger partial charge < -0.3 is 15.8 Å². The van der Waals surface area contributed by atoms with Gasteiger partial charge in [-0.05, 0) is 31.5 Å². The maximum Gasteiger partial charge on any atom is 0.278 e. The lowest BCUT2D eigenvalue weighted by atomic mass is 10.2. The normalized spacial score (nSPS) is 10.3. The summed E-state index contributed by atoms with van der Waals surface area (Å²) < 4.78 is 6.84. The average molecular weight is 274 g/mol. The molecule has 0 aliphatic rings. The van der Waals surface area contributed by atoms with Crippen molar-refractivity contribution in [2.45, 2.75) is 20.4 Å². The first-order valence-corrected chi connectivity index (χ1v) is 6.34. The Morgan fingerprint density at radius 1 is 1.50 bits per heavy atom. The van der Waals surface area contributed by atoms with Crippen molar-refractivity contribution in [1.29, 1.82) is 0 Å². The highest BCUT2D eigenvalue weighted by Gasteiger charge is 2.16. The van der Waals surface area contributed by atoms with Crippen LogP contribution in [-0.2, 0) is 6.54 Å². The van der Waals surface area contributed by atoms with Crippen molar-refractivity contribution in [3.05, 3.63) is 35.7 Å². The largest absolute Gasteiger partial charge is 0.495 e. The number of carbonyl (C=O) groups excluding carboxylic acids is 1. The van der Waals surface area contributed by atoms with Gasteiger partial charge in [0.25, 0.3) is 5.91 Å². The fraction of sp³-hybridized carbons (Fsp3) is 0.286. The number of benzene rings is 1. The number of carbonyl (C=O) groups is 1. The summed E-state index contributed by atoms with van der Waals surface area (Å²) in [6.07, 6.45) is 1.64. The van der Waals surface area contributed by atoms with Gasteiger partial charge in [0.05, 0.1) is 18.5 Å². The summed E-state index contributed by atoms with van der Waals surface area (Å²) in [6, 6.07) is 5.55. The fourth-order valence-corrected chi connectivity index (χ4v) is 1.88. The van der Waals surface area contributed by atoms with Crippen LogP contribution in [0.1, 0.15) is 23.0 Å². The molecule has 3 N–H and O–H groups in total. The summed E-state index contributed by atoms with van der Waals surface area (Å²) >= 11 is 0. The average Bonchev–Trinajstić information content (AvgIpc) is 2.80. The minimum atomic E-state index is -0.349. The molecule has 6 nitrogen and oxygen atoms in total. The number of aryl methyl sites for hydroxylation is 2. The quantitative estimate of drug-likeness (QED) is 0.894. The first-order valence-electron chi connectivity index (χ1n) is 6.34. The molecule has 0 saturated carbocycles. The van der Waals surface area contributed by atoms with Gasteiger partial charge in [-0.2, -0.15) is 5.10 Å². The van der Waals surface area contributed by atoms with Gasteiger partial charge in [0.2, 0.25) is 0 Å². The minimum absolute atomic E-state index is 0.218. The Kier molecular flexibility index (Phi) is 3.93. The van der Waals surface area contributed by atoms with E-state index in [-0.39, 0.29) is 11.6 Å². The van der Waals surface area contributed by atoms with Gasteiger partial charge in [0.15, 0.2) is 5.69 Å². The molecular weight excluding hydrogens is 256 g/mol. The van der Waals surface area contributed by atoms with Crippen LogP contribution in [0.5, 0.6) is 5.75 Å². The minimum Gasteiger partial charge on any atom is -0.495 e. The monoisotopic (exact) mass is 274 g/mol. The molecule has 0 fully saturated rings. The van der Waals surface area contributed by atoms with Crippen molar-refractivity contribution in [2.75, 3.05) is 18.2 Å². The van der Waals surface area contributed by atoms with E-state index in [9.17, 15) is 4.79 Å². The van der Waals surface area contributed by atoms with E-state index in [1.54, 1.807) is 24.1 Å². The number of nitrogens with one attached hydrogen (secondary N) is 1. The zero-order valence-electron chi connectivity index (χ0n) is 11.8. The van der Waals surface area contributed by atoms with Crippen molar-refractivity contribution >= 4 is 17.3 Å². The van der Waals surface area contributed by atoms with Crippen LogP contribution in [-0.4, -0.2) is 22.8 Å². The first-order chi connectivity index (χ1) is 9.55. The van der Waals surface area contributed by atoms with Crippen LogP contribution in [0.15, 0.2) is 24.4 Å². The van der Waals surface area contributed by atoms with Crippen LogP contribution in [0.2, 0.25) is 0 Å². The predicted molar refractivity (Wildman–Crippen MR) is 78.0 cm³/mol. The molecule has 0 radical (unpaired) electrons. The Morgan fingerprint density at radius 2 is 2.25 bits per heavy atom. The third-order valence-electron chi connectivity index (χ3n) is 2.93. The summed E-state index contributed by atoms with van der Waals surface area (Å²) in [5.74, 6) is 0.246. The molecule has 20 heavy (non-hydrogen) atoms. The Bertz CT molecular complexity index is 634. The molecule has 2 rings (SSSR count). The number of nitrogens with zero attached hydrogens (tertiary/aromatic N) is 2. The number of methoxy groups -OCH3 is 1. The smallest absolute Gasteiger partial charge is 0.278 e. The van der Waals surface area contributed by atoms with E-state index in [1.807, 2.05) is 26.0 Å². The number of rotatable bonds is 4. The SMILES string of the molecule is CCn1cc(N)c(C(=O)Nc2cc(C)ccc2OC)n1. The van der Waals surface area contributed by atoms with Crippen LogP contribution < -0.4 is 15.8 Å². The number of hydrogen-bond acceptors (Lipinski definition) is 4. The third kappa shape index (κ3) is 2.74. The molecule has 0 aliphatic carbocycles. The lowest BCUT2D eigenvalue weighted by Crippen LogP contribution is -2.15. The molecule has 1 heterocycles. The van der Waals surface area contributed by atoms with Gasteiger partial charge in [-0.3, -0.25) is 9.48 Å². The number of amides is 1. The van der Waals surface area contributed by atoms with Crippen LogP contribution in [0.3, 0.4) is 0 Å². The Balaban J connectivity index is 2.27.